The molecule has 3 aliphatic rings. The van der Waals surface area contributed by atoms with Crippen molar-refractivity contribution in [3.63, 3.8) is 0 Å². The zero-order chi connectivity index (χ0) is 22.3. The molecule has 0 N–H and O–H groups in total. The van der Waals surface area contributed by atoms with Crippen molar-refractivity contribution in [2.45, 2.75) is 122 Å². The van der Waals surface area contributed by atoms with Crippen LogP contribution in [0.15, 0.2) is 24.3 Å². The molecule has 5 atom stereocenters. The topological polar surface area (TPSA) is 0 Å². The van der Waals surface area contributed by atoms with E-state index in [4.69, 9.17) is 0 Å². The molecule has 0 nitrogen and oxygen atoms in total. The molecule has 0 amide bonds. The lowest BCUT2D eigenvalue weighted by Gasteiger charge is -2.42. The highest BCUT2D eigenvalue weighted by atomic mass is 19.1. The molecule has 4 rings (SSSR count). The molecule has 0 bridgehead atoms. The highest BCUT2D eigenvalue weighted by Crippen LogP contribution is 2.49. The molecule has 1 heteroatoms. The summed E-state index contributed by atoms with van der Waals surface area (Å²) in [4.78, 5) is 0. The number of hydrogen-bond donors (Lipinski definition) is 0. The lowest BCUT2D eigenvalue weighted by Crippen LogP contribution is -2.31. The molecule has 0 radical (unpaired) electrons. The van der Waals surface area contributed by atoms with Crippen LogP contribution in [0.3, 0.4) is 0 Å². The molecular weight excluding hydrogens is 391 g/mol. The van der Waals surface area contributed by atoms with Crippen LogP contribution in [0.1, 0.15) is 126 Å². The molecular formula is C31H47F. The fraction of sp³-hybridized carbons (Fsp3) is 0.742. The van der Waals surface area contributed by atoms with Gasteiger partial charge in [-0.1, -0.05) is 69.7 Å². The minimum absolute atomic E-state index is 0.190. The van der Waals surface area contributed by atoms with Crippen molar-refractivity contribution in [1.82, 2.24) is 0 Å². The predicted molar refractivity (Wildman–Crippen MR) is 136 cm³/mol. The fourth-order valence-electron chi connectivity index (χ4n) is 7.35. The highest BCUT2D eigenvalue weighted by molar-refractivity contribution is 5.38. The number of benzene rings is 1. The Kier molecular flexibility index (Phi) is 8.90. The van der Waals surface area contributed by atoms with Crippen LogP contribution in [0.2, 0.25) is 0 Å². The van der Waals surface area contributed by atoms with Crippen LogP contribution in [0.4, 0.5) is 4.39 Å². The van der Waals surface area contributed by atoms with Gasteiger partial charge in [0, 0.05) is 0 Å². The molecule has 0 aliphatic heterocycles. The largest absolute Gasteiger partial charge is 0.206 e. The first kappa shape index (κ1) is 24.0. The summed E-state index contributed by atoms with van der Waals surface area (Å²) in [7, 11) is 0. The Labute approximate surface area is 197 Å². The predicted octanol–water partition coefficient (Wildman–Crippen LogP) is 9.56. The van der Waals surface area contributed by atoms with Gasteiger partial charge in [0.2, 0.25) is 0 Å². The zero-order valence-electron chi connectivity index (χ0n) is 20.9. The maximum Gasteiger partial charge on any atom is 0.130 e. The Morgan fingerprint density at radius 1 is 0.906 bits per heavy atom. The van der Waals surface area contributed by atoms with E-state index in [1.54, 1.807) is 0 Å². The standard InChI is InChI=1S/C31H47F/c1-3-5-7-9-11-24-13-18-29-27(21-24)17-19-30(31(29)32)28-16-15-25-20-23(10-8-6-4-2)12-14-26(25)22-28/h4,6,17,19,23-26,28H,3,5,7-16,18,20-22H2,1-2H3/b6-4+. The third-order valence-electron chi connectivity index (χ3n) is 9.29. The Balaban J connectivity index is 1.33. The first-order chi connectivity index (χ1) is 15.7. The Bertz CT molecular complexity index is 747. The average molecular weight is 439 g/mol. The van der Waals surface area contributed by atoms with E-state index < -0.39 is 0 Å². The number of unbranched alkanes of at least 4 members (excludes halogenated alkanes) is 3. The normalized spacial score (nSPS) is 30.3. The summed E-state index contributed by atoms with van der Waals surface area (Å²) in [5, 5.41) is 0. The minimum Gasteiger partial charge on any atom is -0.206 e. The van der Waals surface area contributed by atoms with Gasteiger partial charge >= 0.3 is 0 Å². The number of rotatable bonds is 9. The molecule has 0 aromatic heterocycles. The molecule has 32 heavy (non-hydrogen) atoms. The van der Waals surface area contributed by atoms with Crippen LogP contribution >= 0.6 is 0 Å². The summed E-state index contributed by atoms with van der Waals surface area (Å²) in [5.41, 5.74) is 3.48. The zero-order valence-corrected chi connectivity index (χ0v) is 20.9. The Morgan fingerprint density at radius 3 is 2.59 bits per heavy atom. The van der Waals surface area contributed by atoms with Crippen LogP contribution in [0.5, 0.6) is 0 Å². The van der Waals surface area contributed by atoms with Crippen molar-refractivity contribution >= 4 is 0 Å². The van der Waals surface area contributed by atoms with E-state index in [1.807, 2.05) is 0 Å². The van der Waals surface area contributed by atoms with E-state index >= 15 is 4.39 Å². The average Bonchev–Trinajstić information content (AvgIpc) is 2.82. The highest BCUT2D eigenvalue weighted by Gasteiger charge is 2.37. The Hall–Kier alpha value is -1.11. The first-order valence-electron chi connectivity index (χ1n) is 14.1. The molecule has 2 saturated carbocycles. The third-order valence-corrected chi connectivity index (χ3v) is 9.29. The second-order valence-corrected chi connectivity index (χ2v) is 11.4. The van der Waals surface area contributed by atoms with E-state index in [-0.39, 0.29) is 5.82 Å². The summed E-state index contributed by atoms with van der Waals surface area (Å²) in [6.07, 6.45) is 25.1. The fourth-order valence-corrected chi connectivity index (χ4v) is 7.35. The van der Waals surface area contributed by atoms with Crippen molar-refractivity contribution in [3.8, 4) is 0 Å². The number of fused-ring (bicyclic) bond motifs is 2. The van der Waals surface area contributed by atoms with E-state index in [9.17, 15) is 0 Å². The maximum atomic E-state index is 15.7. The van der Waals surface area contributed by atoms with Gasteiger partial charge in [0.1, 0.15) is 5.82 Å². The molecule has 178 valence electrons. The van der Waals surface area contributed by atoms with Crippen molar-refractivity contribution in [3.05, 3.63) is 46.8 Å². The van der Waals surface area contributed by atoms with Gasteiger partial charge in [0.05, 0.1) is 0 Å². The molecule has 0 spiro atoms. The second kappa shape index (κ2) is 11.8. The number of halogens is 1. The second-order valence-electron chi connectivity index (χ2n) is 11.4. The van der Waals surface area contributed by atoms with E-state index in [0.717, 1.165) is 47.6 Å². The van der Waals surface area contributed by atoms with E-state index in [2.05, 4.69) is 38.1 Å². The summed E-state index contributed by atoms with van der Waals surface area (Å²) >= 11 is 0. The van der Waals surface area contributed by atoms with Crippen LogP contribution in [-0.4, -0.2) is 0 Å². The van der Waals surface area contributed by atoms with Gasteiger partial charge in [-0.25, -0.2) is 4.39 Å². The van der Waals surface area contributed by atoms with Crippen molar-refractivity contribution in [2.75, 3.05) is 0 Å². The van der Waals surface area contributed by atoms with Gasteiger partial charge in [0.15, 0.2) is 0 Å². The minimum atomic E-state index is 0.190. The van der Waals surface area contributed by atoms with Crippen LogP contribution in [0, 0.1) is 29.5 Å². The Morgan fingerprint density at radius 2 is 1.75 bits per heavy atom. The van der Waals surface area contributed by atoms with Crippen molar-refractivity contribution < 1.29 is 4.39 Å². The number of hydrogen-bond acceptors (Lipinski definition) is 0. The molecule has 1 aromatic rings. The van der Waals surface area contributed by atoms with Crippen LogP contribution < -0.4 is 0 Å². The summed E-state index contributed by atoms with van der Waals surface area (Å²) in [5.74, 6) is 4.12. The van der Waals surface area contributed by atoms with Gasteiger partial charge in [0.25, 0.3) is 0 Å². The van der Waals surface area contributed by atoms with Crippen LogP contribution in [-0.2, 0) is 12.8 Å². The summed E-state index contributed by atoms with van der Waals surface area (Å²) < 4.78 is 15.7. The molecule has 5 unspecified atom stereocenters. The maximum absolute atomic E-state index is 15.7. The lowest BCUT2D eigenvalue weighted by molar-refractivity contribution is 0.114. The van der Waals surface area contributed by atoms with Crippen molar-refractivity contribution in [2.24, 2.45) is 23.7 Å². The van der Waals surface area contributed by atoms with Gasteiger partial charge < -0.3 is 0 Å². The third kappa shape index (κ3) is 5.87. The first-order valence-corrected chi connectivity index (χ1v) is 14.1. The van der Waals surface area contributed by atoms with Gasteiger partial charge in [-0.05, 0) is 117 Å². The quantitative estimate of drug-likeness (QED) is 0.266. The monoisotopic (exact) mass is 438 g/mol. The van der Waals surface area contributed by atoms with Gasteiger partial charge in [-0.15, -0.1) is 0 Å². The smallest absolute Gasteiger partial charge is 0.130 e. The number of allylic oxidation sites excluding steroid dienone is 2. The molecule has 2 fully saturated rings. The van der Waals surface area contributed by atoms with Gasteiger partial charge in [-0.3, -0.25) is 0 Å². The summed E-state index contributed by atoms with van der Waals surface area (Å²) in [6.45, 7) is 4.41. The van der Waals surface area contributed by atoms with Gasteiger partial charge in [-0.2, -0.15) is 0 Å². The van der Waals surface area contributed by atoms with E-state index in [0.29, 0.717) is 5.92 Å². The van der Waals surface area contributed by atoms with Crippen LogP contribution in [0.25, 0.3) is 0 Å². The molecule has 0 heterocycles. The van der Waals surface area contributed by atoms with Crippen molar-refractivity contribution in [1.29, 1.82) is 0 Å². The molecule has 1 aromatic carbocycles. The molecule has 0 saturated heterocycles. The molecule has 3 aliphatic carbocycles. The SMILES string of the molecule is C/C=C/CCC1CCC2CC(c3ccc4c(c3F)CCC(CCCCCC)C4)CCC2C1. The summed E-state index contributed by atoms with van der Waals surface area (Å²) in [6, 6.07) is 4.51. The van der Waals surface area contributed by atoms with E-state index in [1.165, 1.54) is 95.5 Å². The lowest BCUT2D eigenvalue weighted by atomic mass is 9.63.